The number of aromatic nitrogens is 2. The first-order valence-electron chi connectivity index (χ1n) is 7.44. The van der Waals surface area contributed by atoms with E-state index in [2.05, 4.69) is 25.3 Å². The molecule has 1 amide bonds. The van der Waals surface area contributed by atoms with Crippen molar-refractivity contribution in [1.29, 1.82) is 0 Å². The van der Waals surface area contributed by atoms with Crippen molar-refractivity contribution < 1.29 is 14.3 Å². The lowest BCUT2D eigenvalue weighted by Crippen LogP contribution is -2.43. The number of esters is 1. The van der Waals surface area contributed by atoms with Crippen molar-refractivity contribution in [2.75, 3.05) is 19.0 Å². The summed E-state index contributed by atoms with van der Waals surface area (Å²) in [5.74, 6) is -0.474. The molecule has 0 aromatic carbocycles. The highest BCUT2D eigenvalue weighted by atomic mass is 32.1. The van der Waals surface area contributed by atoms with Crippen LogP contribution in [-0.2, 0) is 9.53 Å². The molecule has 1 aliphatic heterocycles. The van der Waals surface area contributed by atoms with Gasteiger partial charge in [0.25, 0.3) is 0 Å². The number of hydrogen-bond acceptors (Lipinski definition) is 6. The first-order chi connectivity index (χ1) is 11.2. The Kier molecular flexibility index (Phi) is 4.73. The molecule has 1 saturated heterocycles. The predicted octanol–water partition coefficient (Wildman–Crippen LogP) is 2.01. The zero-order chi connectivity index (χ0) is 16.2. The normalized spacial score (nSPS) is 17.7. The minimum absolute atomic E-state index is 0.0464. The Morgan fingerprint density at radius 1 is 1.43 bits per heavy atom. The van der Waals surface area contributed by atoms with Crippen molar-refractivity contribution in [3.05, 3.63) is 23.3 Å². The average Bonchev–Trinajstić information content (AvgIpc) is 3.24. The Morgan fingerprint density at radius 2 is 2.30 bits per heavy atom. The first kappa shape index (κ1) is 15.7. The molecular weight excluding hydrogens is 316 g/mol. The fourth-order valence-corrected chi connectivity index (χ4v) is 3.22. The molecule has 0 bridgehead atoms. The van der Waals surface area contributed by atoms with E-state index >= 15 is 0 Å². The van der Waals surface area contributed by atoms with Crippen LogP contribution in [0.4, 0.5) is 5.13 Å². The highest BCUT2D eigenvalue weighted by Gasteiger charge is 2.21. The van der Waals surface area contributed by atoms with Gasteiger partial charge >= 0.3 is 5.97 Å². The maximum Gasteiger partial charge on any atom is 0.354 e. The number of thiazole rings is 1. The van der Waals surface area contributed by atoms with Crippen molar-refractivity contribution in [2.45, 2.75) is 25.3 Å². The number of anilines is 1. The standard InChI is InChI=1S/C15H18N4O3S/c1-22-14(21)11-6-9(7-17-11)12-8-23-15(18-12)19-13(20)10-4-2-3-5-16-10/h6-8,10,16-17H,2-5H2,1H3,(H,18,19,20). The topological polar surface area (TPSA) is 96.1 Å². The summed E-state index contributed by atoms with van der Waals surface area (Å²) in [5, 5.41) is 8.45. The van der Waals surface area contributed by atoms with E-state index in [-0.39, 0.29) is 11.9 Å². The molecule has 8 heteroatoms. The molecule has 0 spiro atoms. The van der Waals surface area contributed by atoms with Crippen LogP contribution < -0.4 is 10.6 Å². The Labute approximate surface area is 137 Å². The van der Waals surface area contributed by atoms with Gasteiger partial charge in [-0.25, -0.2) is 9.78 Å². The quantitative estimate of drug-likeness (QED) is 0.743. The lowest BCUT2D eigenvalue weighted by molar-refractivity contribution is -0.118. The van der Waals surface area contributed by atoms with Gasteiger partial charge in [-0.3, -0.25) is 4.79 Å². The number of nitrogens with one attached hydrogen (secondary N) is 3. The second-order valence-corrected chi connectivity index (χ2v) is 6.18. The summed E-state index contributed by atoms with van der Waals surface area (Å²) in [5.41, 5.74) is 1.85. The number of ether oxygens (including phenoxy) is 1. The summed E-state index contributed by atoms with van der Waals surface area (Å²) in [7, 11) is 1.33. The maximum absolute atomic E-state index is 12.2. The fraction of sp³-hybridized carbons (Fsp3) is 0.400. The molecule has 3 rings (SSSR count). The van der Waals surface area contributed by atoms with Gasteiger partial charge in [-0.05, 0) is 25.5 Å². The van der Waals surface area contributed by atoms with E-state index in [1.165, 1.54) is 18.4 Å². The average molecular weight is 334 g/mol. The molecule has 3 heterocycles. The summed E-state index contributed by atoms with van der Waals surface area (Å²) in [4.78, 5) is 30.9. The van der Waals surface area contributed by atoms with Crippen molar-refractivity contribution in [1.82, 2.24) is 15.3 Å². The largest absolute Gasteiger partial charge is 0.464 e. The molecule has 7 nitrogen and oxygen atoms in total. The summed E-state index contributed by atoms with van der Waals surface area (Å²) in [6.07, 6.45) is 4.72. The van der Waals surface area contributed by atoms with E-state index in [0.29, 0.717) is 16.5 Å². The summed E-state index contributed by atoms with van der Waals surface area (Å²) < 4.78 is 4.66. The van der Waals surface area contributed by atoms with E-state index in [1.807, 2.05) is 5.38 Å². The molecule has 3 N–H and O–H groups in total. The zero-order valence-corrected chi connectivity index (χ0v) is 13.5. The first-order valence-corrected chi connectivity index (χ1v) is 8.32. The van der Waals surface area contributed by atoms with Gasteiger partial charge in [0.1, 0.15) is 5.69 Å². The molecule has 1 atom stereocenters. The number of carbonyl (C=O) groups excluding carboxylic acids is 2. The lowest BCUT2D eigenvalue weighted by atomic mass is 10.0. The van der Waals surface area contributed by atoms with Gasteiger partial charge in [0.05, 0.1) is 18.8 Å². The number of piperidine rings is 1. The van der Waals surface area contributed by atoms with Crippen LogP contribution >= 0.6 is 11.3 Å². The Hall–Kier alpha value is -2.19. The minimum Gasteiger partial charge on any atom is -0.464 e. The minimum atomic E-state index is -0.427. The zero-order valence-electron chi connectivity index (χ0n) is 12.7. The predicted molar refractivity (Wildman–Crippen MR) is 87.5 cm³/mol. The molecule has 0 saturated carbocycles. The fourth-order valence-electron chi connectivity index (χ4n) is 2.50. The van der Waals surface area contributed by atoms with Gasteiger partial charge in [-0.1, -0.05) is 6.42 Å². The van der Waals surface area contributed by atoms with Crippen LogP contribution in [0.25, 0.3) is 11.3 Å². The molecule has 1 aliphatic rings. The van der Waals surface area contributed by atoms with Gasteiger partial charge in [0, 0.05) is 17.1 Å². The van der Waals surface area contributed by atoms with Crippen molar-refractivity contribution in [3.63, 3.8) is 0 Å². The molecule has 0 aliphatic carbocycles. The summed E-state index contributed by atoms with van der Waals surface area (Å²) >= 11 is 1.36. The Morgan fingerprint density at radius 3 is 3.04 bits per heavy atom. The molecule has 2 aromatic rings. The van der Waals surface area contributed by atoms with Gasteiger partial charge in [0.15, 0.2) is 5.13 Å². The number of amides is 1. The van der Waals surface area contributed by atoms with Crippen LogP contribution in [0.1, 0.15) is 29.8 Å². The summed E-state index contributed by atoms with van der Waals surface area (Å²) in [6.45, 7) is 0.876. The molecule has 0 radical (unpaired) electrons. The summed E-state index contributed by atoms with van der Waals surface area (Å²) in [6, 6.07) is 1.53. The number of methoxy groups -OCH3 is 1. The number of nitrogens with zero attached hydrogens (tertiary/aromatic N) is 1. The van der Waals surface area contributed by atoms with E-state index in [1.54, 1.807) is 12.3 Å². The van der Waals surface area contributed by atoms with Gasteiger partial charge < -0.3 is 20.4 Å². The van der Waals surface area contributed by atoms with Gasteiger partial charge in [-0.2, -0.15) is 0 Å². The number of hydrogen-bond donors (Lipinski definition) is 3. The second-order valence-electron chi connectivity index (χ2n) is 5.32. The van der Waals surface area contributed by atoms with Crippen LogP contribution in [0.15, 0.2) is 17.6 Å². The highest BCUT2D eigenvalue weighted by Crippen LogP contribution is 2.26. The highest BCUT2D eigenvalue weighted by molar-refractivity contribution is 7.14. The molecule has 2 aromatic heterocycles. The third-order valence-electron chi connectivity index (χ3n) is 3.75. The number of carbonyl (C=O) groups is 2. The van der Waals surface area contributed by atoms with Gasteiger partial charge in [0.2, 0.25) is 5.91 Å². The second kappa shape index (κ2) is 6.93. The third kappa shape index (κ3) is 3.59. The maximum atomic E-state index is 12.2. The monoisotopic (exact) mass is 334 g/mol. The van der Waals surface area contributed by atoms with Crippen LogP contribution in [0.5, 0.6) is 0 Å². The number of rotatable bonds is 4. The van der Waals surface area contributed by atoms with Crippen LogP contribution in [0, 0.1) is 0 Å². The van der Waals surface area contributed by atoms with Crippen LogP contribution in [0.3, 0.4) is 0 Å². The molecule has 122 valence electrons. The molecular formula is C15H18N4O3S. The Balaban J connectivity index is 1.66. The lowest BCUT2D eigenvalue weighted by Gasteiger charge is -2.21. The molecule has 1 unspecified atom stereocenters. The SMILES string of the molecule is COC(=O)c1cc(-c2csc(NC(=O)C3CCCCN3)n2)c[nH]1. The van der Waals surface area contributed by atoms with E-state index in [4.69, 9.17) is 0 Å². The van der Waals surface area contributed by atoms with Crippen molar-refractivity contribution in [3.8, 4) is 11.3 Å². The van der Waals surface area contributed by atoms with Crippen LogP contribution in [-0.4, -0.2) is 41.5 Å². The number of aromatic amines is 1. The van der Waals surface area contributed by atoms with Crippen molar-refractivity contribution in [2.24, 2.45) is 0 Å². The van der Waals surface area contributed by atoms with E-state index in [9.17, 15) is 9.59 Å². The van der Waals surface area contributed by atoms with Gasteiger partial charge in [-0.15, -0.1) is 11.3 Å². The van der Waals surface area contributed by atoms with E-state index in [0.717, 1.165) is 31.4 Å². The molecule has 1 fully saturated rings. The Bertz CT molecular complexity index is 703. The third-order valence-corrected chi connectivity index (χ3v) is 4.50. The molecule has 23 heavy (non-hydrogen) atoms. The van der Waals surface area contributed by atoms with Crippen LogP contribution in [0.2, 0.25) is 0 Å². The number of H-pyrrole nitrogens is 1. The van der Waals surface area contributed by atoms with E-state index < -0.39 is 5.97 Å². The smallest absolute Gasteiger partial charge is 0.354 e. The van der Waals surface area contributed by atoms with Crippen molar-refractivity contribution >= 4 is 28.3 Å².